The van der Waals surface area contributed by atoms with Gasteiger partial charge in [0, 0.05) is 4.88 Å². The zero-order chi connectivity index (χ0) is 18.2. The molecule has 3 rings (SSSR count). The molecule has 0 radical (unpaired) electrons. The fourth-order valence-electron chi connectivity index (χ4n) is 3.35. The molecule has 0 saturated carbocycles. The fraction of sp³-hybridized carbons (Fsp3) is 0.667. The summed E-state index contributed by atoms with van der Waals surface area (Å²) in [5, 5.41) is 8.76. The van der Waals surface area contributed by atoms with Crippen LogP contribution in [-0.2, 0) is 28.9 Å². The Morgan fingerprint density at radius 1 is 1.40 bits per heavy atom. The lowest BCUT2D eigenvalue weighted by Gasteiger charge is -2.33. The van der Waals surface area contributed by atoms with E-state index in [1.807, 2.05) is 6.92 Å². The Bertz CT molecular complexity index is 848. The average molecular weight is 363 g/mol. The molecule has 1 atom stereocenters. The van der Waals surface area contributed by atoms with Crippen molar-refractivity contribution >= 4 is 27.5 Å². The topological polar surface area (TPSA) is 74.1 Å². The van der Waals surface area contributed by atoms with Crippen molar-refractivity contribution < 1.29 is 9.53 Å². The molecule has 0 N–H and O–H groups in total. The average Bonchev–Trinajstić information content (AvgIpc) is 2.93. The lowest BCUT2D eigenvalue weighted by atomic mass is 9.72. The number of hydrogen-bond donors (Lipinski definition) is 0. The van der Waals surface area contributed by atoms with Gasteiger partial charge in [-0.2, -0.15) is 4.68 Å². The molecule has 1 aliphatic rings. The lowest BCUT2D eigenvalue weighted by molar-refractivity contribution is -0.144. The maximum Gasteiger partial charge on any atom is 0.327 e. The minimum atomic E-state index is -0.450. The van der Waals surface area contributed by atoms with Crippen molar-refractivity contribution in [3.05, 3.63) is 20.8 Å². The van der Waals surface area contributed by atoms with Crippen LogP contribution in [0.3, 0.4) is 0 Å². The molecule has 0 saturated heterocycles. The van der Waals surface area contributed by atoms with Gasteiger partial charge in [0.15, 0.2) is 4.83 Å². The van der Waals surface area contributed by atoms with Crippen molar-refractivity contribution in [2.75, 3.05) is 6.61 Å². The van der Waals surface area contributed by atoms with Gasteiger partial charge in [0.1, 0.15) is 6.54 Å². The highest BCUT2D eigenvalue weighted by molar-refractivity contribution is 7.18. The van der Waals surface area contributed by atoms with Crippen LogP contribution in [0.5, 0.6) is 0 Å². The summed E-state index contributed by atoms with van der Waals surface area (Å²) in [4.78, 5) is 26.5. The highest BCUT2D eigenvalue weighted by Gasteiger charge is 2.32. The fourth-order valence-corrected chi connectivity index (χ4v) is 4.59. The SMILES string of the molecule is CCCOC(=O)Cn1nnc2sc3c(c2c1=O)CC[C@H](C(C)(C)C)C3. The van der Waals surface area contributed by atoms with Gasteiger partial charge >= 0.3 is 5.97 Å². The van der Waals surface area contributed by atoms with Crippen molar-refractivity contribution in [2.45, 2.75) is 59.9 Å². The summed E-state index contributed by atoms with van der Waals surface area (Å²) in [6, 6.07) is 0. The summed E-state index contributed by atoms with van der Waals surface area (Å²) in [6.07, 6.45) is 3.69. The number of aromatic nitrogens is 3. The molecule has 0 unspecified atom stereocenters. The predicted octanol–water partition coefficient (Wildman–Crippen LogP) is 2.96. The maximum atomic E-state index is 12.8. The van der Waals surface area contributed by atoms with Crippen LogP contribution >= 0.6 is 11.3 Å². The number of carbonyl (C=O) groups excluding carboxylic acids is 1. The minimum absolute atomic E-state index is 0.184. The standard InChI is InChI=1S/C18H25N3O3S/c1-5-8-24-14(22)10-21-17(23)15-12-7-6-11(18(2,3)4)9-13(12)25-16(15)19-20-21/h11H,5-10H2,1-4H3/t11-/m0/s1. The highest BCUT2D eigenvalue weighted by Crippen LogP contribution is 2.41. The molecule has 6 nitrogen and oxygen atoms in total. The number of hydrogen-bond acceptors (Lipinski definition) is 6. The van der Waals surface area contributed by atoms with Crippen LogP contribution < -0.4 is 5.56 Å². The molecule has 2 heterocycles. The van der Waals surface area contributed by atoms with Gasteiger partial charge < -0.3 is 4.74 Å². The number of thiophene rings is 1. The molecule has 136 valence electrons. The van der Waals surface area contributed by atoms with E-state index >= 15 is 0 Å². The molecule has 0 amide bonds. The second-order valence-corrected chi connectivity index (χ2v) is 8.85. The van der Waals surface area contributed by atoms with Gasteiger partial charge in [0.2, 0.25) is 0 Å². The Kier molecular flexibility index (Phi) is 4.95. The number of aryl methyl sites for hydroxylation is 1. The third-order valence-electron chi connectivity index (χ3n) is 4.91. The zero-order valence-electron chi connectivity index (χ0n) is 15.3. The molecule has 2 aromatic heterocycles. The molecule has 0 aromatic carbocycles. The van der Waals surface area contributed by atoms with Crippen LogP contribution in [0, 0.1) is 11.3 Å². The van der Waals surface area contributed by atoms with E-state index in [4.69, 9.17) is 4.74 Å². The second kappa shape index (κ2) is 6.86. The van der Waals surface area contributed by atoms with E-state index in [-0.39, 0.29) is 17.5 Å². The molecule has 7 heteroatoms. The Morgan fingerprint density at radius 3 is 2.84 bits per heavy atom. The van der Waals surface area contributed by atoms with Crippen molar-refractivity contribution in [2.24, 2.45) is 11.3 Å². The van der Waals surface area contributed by atoms with E-state index < -0.39 is 5.97 Å². The number of carbonyl (C=O) groups is 1. The van der Waals surface area contributed by atoms with Gasteiger partial charge in [0.05, 0.1) is 12.0 Å². The van der Waals surface area contributed by atoms with Crippen molar-refractivity contribution in [3.8, 4) is 0 Å². The molecule has 0 spiro atoms. The van der Waals surface area contributed by atoms with Gasteiger partial charge in [0.25, 0.3) is 5.56 Å². The van der Waals surface area contributed by atoms with Crippen molar-refractivity contribution in [1.29, 1.82) is 0 Å². The van der Waals surface area contributed by atoms with E-state index in [0.717, 1.165) is 35.9 Å². The van der Waals surface area contributed by atoms with Crippen LogP contribution in [0.15, 0.2) is 4.79 Å². The quantitative estimate of drug-likeness (QED) is 0.781. The smallest absolute Gasteiger partial charge is 0.327 e. The summed E-state index contributed by atoms with van der Waals surface area (Å²) in [5.74, 6) is 0.154. The van der Waals surface area contributed by atoms with Crippen molar-refractivity contribution in [1.82, 2.24) is 15.0 Å². The third kappa shape index (κ3) is 3.61. The largest absolute Gasteiger partial charge is 0.464 e. The number of ether oxygens (including phenoxy) is 1. The number of rotatable bonds is 4. The molecule has 2 aromatic rings. The maximum absolute atomic E-state index is 12.8. The van der Waals surface area contributed by atoms with Gasteiger partial charge in [-0.25, -0.2) is 0 Å². The van der Waals surface area contributed by atoms with Gasteiger partial charge in [-0.3, -0.25) is 9.59 Å². The van der Waals surface area contributed by atoms with Crippen LogP contribution in [0.4, 0.5) is 0 Å². The first-order chi connectivity index (χ1) is 11.8. The third-order valence-corrected chi connectivity index (χ3v) is 6.05. The summed E-state index contributed by atoms with van der Waals surface area (Å²) >= 11 is 1.57. The summed E-state index contributed by atoms with van der Waals surface area (Å²) in [6.45, 7) is 8.90. The molecule has 0 aliphatic heterocycles. The van der Waals surface area contributed by atoms with E-state index in [1.165, 1.54) is 4.88 Å². The molecular formula is C18H25N3O3S. The summed E-state index contributed by atoms with van der Waals surface area (Å²) in [7, 11) is 0. The first-order valence-electron chi connectivity index (χ1n) is 8.85. The normalized spacial score (nSPS) is 17.5. The second-order valence-electron chi connectivity index (χ2n) is 7.76. The Morgan fingerprint density at radius 2 is 2.16 bits per heavy atom. The predicted molar refractivity (Wildman–Crippen MR) is 97.9 cm³/mol. The first kappa shape index (κ1) is 18.0. The summed E-state index contributed by atoms with van der Waals surface area (Å²) < 4.78 is 6.17. The van der Waals surface area contributed by atoms with Crippen molar-refractivity contribution in [3.63, 3.8) is 0 Å². The van der Waals surface area contributed by atoms with E-state index in [9.17, 15) is 9.59 Å². The number of fused-ring (bicyclic) bond motifs is 3. The van der Waals surface area contributed by atoms with Crippen LogP contribution in [0.25, 0.3) is 10.2 Å². The Hall–Kier alpha value is -1.76. The van der Waals surface area contributed by atoms with Crippen LogP contribution in [0.2, 0.25) is 0 Å². The Balaban J connectivity index is 1.93. The molecule has 1 aliphatic carbocycles. The number of nitrogens with zero attached hydrogens (tertiary/aromatic N) is 3. The van der Waals surface area contributed by atoms with Crippen LogP contribution in [0.1, 0.15) is 51.0 Å². The lowest BCUT2D eigenvalue weighted by Crippen LogP contribution is -2.30. The monoisotopic (exact) mass is 363 g/mol. The van der Waals surface area contributed by atoms with Crippen LogP contribution in [-0.4, -0.2) is 27.6 Å². The molecular weight excluding hydrogens is 338 g/mol. The van der Waals surface area contributed by atoms with Gasteiger partial charge in [-0.1, -0.05) is 32.9 Å². The van der Waals surface area contributed by atoms with E-state index in [1.54, 1.807) is 11.3 Å². The first-order valence-corrected chi connectivity index (χ1v) is 9.66. The van der Waals surface area contributed by atoms with Gasteiger partial charge in [-0.05, 0) is 42.6 Å². The zero-order valence-corrected chi connectivity index (χ0v) is 16.1. The Labute approximate surface area is 151 Å². The summed E-state index contributed by atoms with van der Waals surface area (Å²) in [5.41, 5.74) is 1.13. The minimum Gasteiger partial charge on any atom is -0.464 e. The molecule has 25 heavy (non-hydrogen) atoms. The van der Waals surface area contributed by atoms with E-state index in [2.05, 4.69) is 31.1 Å². The van der Waals surface area contributed by atoms with Gasteiger partial charge in [-0.15, -0.1) is 16.4 Å². The van der Waals surface area contributed by atoms with E-state index in [0.29, 0.717) is 22.7 Å². The highest BCUT2D eigenvalue weighted by atomic mass is 32.1. The number of esters is 1. The molecule has 0 fully saturated rings. The molecule has 0 bridgehead atoms.